The summed E-state index contributed by atoms with van der Waals surface area (Å²) in [6.07, 6.45) is 0. The van der Waals surface area contributed by atoms with Crippen LogP contribution in [0.5, 0.6) is 0 Å². The second kappa shape index (κ2) is 9.33. The Hall–Kier alpha value is -4.99. The van der Waals surface area contributed by atoms with Crippen molar-refractivity contribution < 1.29 is 0 Å². The standard InChI is InChI=1S/C37H24N2S/c1-4-13-25(14-5-1)32-23-27(24-33(38-32)26-15-6-2-7-16-26)29-20-12-21-31-35(29)39(28-17-8-3-9-18-28)36-30-19-10-11-22-34(30)40-37(31)36/h1-24H. The Balaban J connectivity index is 1.49. The van der Waals surface area contributed by atoms with Crippen molar-refractivity contribution in [3.8, 4) is 39.3 Å². The van der Waals surface area contributed by atoms with Crippen LogP contribution < -0.4 is 0 Å². The van der Waals surface area contributed by atoms with Gasteiger partial charge in [-0.15, -0.1) is 11.3 Å². The van der Waals surface area contributed by atoms with E-state index >= 15 is 0 Å². The van der Waals surface area contributed by atoms with E-state index in [1.54, 1.807) is 0 Å². The molecule has 0 bridgehead atoms. The van der Waals surface area contributed by atoms with Gasteiger partial charge in [0, 0.05) is 37.9 Å². The third-order valence-electron chi connectivity index (χ3n) is 7.59. The first-order chi connectivity index (χ1) is 19.8. The smallest absolute Gasteiger partial charge is 0.0727 e. The zero-order valence-electron chi connectivity index (χ0n) is 21.7. The summed E-state index contributed by atoms with van der Waals surface area (Å²) < 4.78 is 5.09. The molecular weight excluding hydrogens is 504 g/mol. The molecule has 3 aromatic heterocycles. The number of nitrogens with zero attached hydrogens (tertiary/aromatic N) is 2. The van der Waals surface area contributed by atoms with Crippen LogP contribution in [0.2, 0.25) is 0 Å². The van der Waals surface area contributed by atoms with Crippen LogP contribution in [0.25, 0.3) is 70.5 Å². The first-order valence-electron chi connectivity index (χ1n) is 13.5. The van der Waals surface area contributed by atoms with E-state index in [9.17, 15) is 0 Å². The minimum absolute atomic E-state index is 0.971. The van der Waals surface area contributed by atoms with E-state index in [1.165, 1.54) is 42.5 Å². The molecule has 0 spiro atoms. The van der Waals surface area contributed by atoms with Crippen LogP contribution in [0.1, 0.15) is 0 Å². The van der Waals surface area contributed by atoms with Crippen molar-refractivity contribution in [3.63, 3.8) is 0 Å². The largest absolute Gasteiger partial charge is 0.307 e. The van der Waals surface area contributed by atoms with Crippen molar-refractivity contribution in [2.45, 2.75) is 0 Å². The molecule has 0 saturated carbocycles. The molecule has 40 heavy (non-hydrogen) atoms. The van der Waals surface area contributed by atoms with Crippen LogP contribution in [0.4, 0.5) is 0 Å². The molecule has 0 unspecified atom stereocenters. The quantitative estimate of drug-likeness (QED) is 0.222. The van der Waals surface area contributed by atoms with Gasteiger partial charge in [-0.2, -0.15) is 0 Å². The summed E-state index contributed by atoms with van der Waals surface area (Å²) in [6, 6.07) is 51.6. The van der Waals surface area contributed by atoms with Crippen molar-refractivity contribution in [2.24, 2.45) is 0 Å². The fourth-order valence-electron chi connectivity index (χ4n) is 5.78. The molecule has 0 aliphatic carbocycles. The fraction of sp³-hybridized carbons (Fsp3) is 0. The third-order valence-corrected chi connectivity index (χ3v) is 8.78. The molecule has 2 nitrogen and oxygen atoms in total. The van der Waals surface area contributed by atoms with E-state index in [-0.39, 0.29) is 0 Å². The summed E-state index contributed by atoms with van der Waals surface area (Å²) in [5.74, 6) is 0. The van der Waals surface area contributed by atoms with Gasteiger partial charge in [0.1, 0.15) is 0 Å². The van der Waals surface area contributed by atoms with Crippen LogP contribution in [0.15, 0.2) is 146 Å². The van der Waals surface area contributed by atoms with Crippen molar-refractivity contribution in [1.82, 2.24) is 9.55 Å². The molecule has 0 radical (unpaired) electrons. The molecule has 3 heteroatoms. The summed E-state index contributed by atoms with van der Waals surface area (Å²) in [4.78, 5) is 5.13. The predicted octanol–water partition coefficient (Wildman–Crippen LogP) is 10.4. The lowest BCUT2D eigenvalue weighted by molar-refractivity contribution is 1.19. The zero-order chi connectivity index (χ0) is 26.5. The van der Waals surface area contributed by atoms with E-state index in [4.69, 9.17) is 4.98 Å². The van der Waals surface area contributed by atoms with Crippen molar-refractivity contribution in [3.05, 3.63) is 146 Å². The normalized spacial score (nSPS) is 11.5. The van der Waals surface area contributed by atoms with Gasteiger partial charge in [0.2, 0.25) is 0 Å². The Bertz CT molecular complexity index is 2080. The second-order valence-corrected chi connectivity index (χ2v) is 11.1. The molecule has 8 aromatic rings. The highest BCUT2D eigenvalue weighted by Crippen LogP contribution is 2.45. The molecule has 0 saturated heterocycles. The molecule has 0 aliphatic rings. The van der Waals surface area contributed by atoms with Gasteiger partial charge >= 0.3 is 0 Å². The monoisotopic (exact) mass is 528 g/mol. The number of rotatable bonds is 4. The van der Waals surface area contributed by atoms with E-state index in [2.05, 4.69) is 150 Å². The van der Waals surface area contributed by atoms with Gasteiger partial charge in [-0.25, -0.2) is 4.98 Å². The molecule has 0 aliphatic heterocycles. The highest BCUT2D eigenvalue weighted by Gasteiger charge is 2.21. The summed E-state index contributed by atoms with van der Waals surface area (Å²) >= 11 is 1.88. The van der Waals surface area contributed by atoms with E-state index in [1.807, 2.05) is 11.3 Å². The van der Waals surface area contributed by atoms with E-state index < -0.39 is 0 Å². The fourth-order valence-corrected chi connectivity index (χ4v) is 7.00. The molecule has 0 amide bonds. The first kappa shape index (κ1) is 22.9. The predicted molar refractivity (Wildman–Crippen MR) is 170 cm³/mol. The van der Waals surface area contributed by atoms with Crippen molar-refractivity contribution >= 4 is 42.5 Å². The van der Waals surface area contributed by atoms with Crippen molar-refractivity contribution in [1.29, 1.82) is 0 Å². The van der Waals surface area contributed by atoms with Crippen LogP contribution >= 0.6 is 11.3 Å². The first-order valence-corrected chi connectivity index (χ1v) is 14.3. The second-order valence-electron chi connectivity index (χ2n) is 10.0. The summed E-state index contributed by atoms with van der Waals surface area (Å²) in [7, 11) is 0. The molecular formula is C37H24N2S. The minimum Gasteiger partial charge on any atom is -0.307 e. The topological polar surface area (TPSA) is 17.8 Å². The number of thiophene rings is 1. The van der Waals surface area contributed by atoms with Crippen LogP contribution in [-0.4, -0.2) is 9.55 Å². The number of para-hydroxylation sites is 2. The van der Waals surface area contributed by atoms with Gasteiger partial charge < -0.3 is 4.57 Å². The highest BCUT2D eigenvalue weighted by atomic mass is 32.1. The maximum atomic E-state index is 5.13. The molecule has 5 aromatic carbocycles. The van der Waals surface area contributed by atoms with Gasteiger partial charge in [0.05, 0.1) is 27.1 Å². The summed E-state index contributed by atoms with van der Waals surface area (Å²) in [5.41, 5.74) is 10.2. The van der Waals surface area contributed by atoms with Gasteiger partial charge in [0.25, 0.3) is 0 Å². The maximum absolute atomic E-state index is 5.13. The molecule has 8 rings (SSSR count). The Labute approximate surface area is 236 Å². The number of aromatic nitrogens is 2. The number of hydrogen-bond acceptors (Lipinski definition) is 2. The Morgan fingerprint density at radius 2 is 1.05 bits per heavy atom. The molecule has 0 fully saturated rings. The van der Waals surface area contributed by atoms with Gasteiger partial charge in [0.15, 0.2) is 0 Å². The maximum Gasteiger partial charge on any atom is 0.0727 e. The lowest BCUT2D eigenvalue weighted by Crippen LogP contribution is -1.96. The Morgan fingerprint density at radius 3 is 1.73 bits per heavy atom. The summed E-state index contributed by atoms with van der Waals surface area (Å²) in [5, 5.41) is 2.56. The number of fused-ring (bicyclic) bond motifs is 5. The molecule has 188 valence electrons. The minimum atomic E-state index is 0.971. The van der Waals surface area contributed by atoms with Gasteiger partial charge in [-0.1, -0.05) is 115 Å². The lowest BCUT2D eigenvalue weighted by Gasteiger charge is -2.14. The van der Waals surface area contributed by atoms with Crippen LogP contribution in [0, 0.1) is 0 Å². The van der Waals surface area contributed by atoms with Gasteiger partial charge in [-0.3, -0.25) is 0 Å². The Morgan fingerprint density at radius 1 is 0.475 bits per heavy atom. The highest BCUT2D eigenvalue weighted by molar-refractivity contribution is 7.26. The van der Waals surface area contributed by atoms with E-state index in [0.29, 0.717) is 0 Å². The average molecular weight is 529 g/mol. The number of benzene rings is 5. The Kier molecular flexibility index (Phi) is 5.35. The summed E-state index contributed by atoms with van der Waals surface area (Å²) in [6.45, 7) is 0. The molecule has 3 heterocycles. The zero-order valence-corrected chi connectivity index (χ0v) is 22.5. The third kappa shape index (κ3) is 3.67. The van der Waals surface area contributed by atoms with Gasteiger partial charge in [-0.05, 0) is 35.9 Å². The average Bonchev–Trinajstić information content (AvgIpc) is 3.57. The van der Waals surface area contributed by atoms with Crippen LogP contribution in [-0.2, 0) is 0 Å². The number of hydrogen-bond donors (Lipinski definition) is 0. The molecule has 0 atom stereocenters. The lowest BCUT2D eigenvalue weighted by atomic mass is 9.98. The molecule has 0 N–H and O–H groups in total. The number of pyridine rings is 1. The SMILES string of the molecule is c1ccc(-c2cc(-c3cccc4c5sc6ccccc6c5n(-c5ccccc5)c34)cc(-c3ccccc3)n2)cc1. The van der Waals surface area contributed by atoms with E-state index in [0.717, 1.165) is 28.1 Å². The van der Waals surface area contributed by atoms with Crippen molar-refractivity contribution in [2.75, 3.05) is 0 Å². The van der Waals surface area contributed by atoms with Crippen LogP contribution in [0.3, 0.4) is 0 Å².